The van der Waals surface area contributed by atoms with Crippen LogP contribution in [0, 0.1) is 3.95 Å². The molecule has 1 fully saturated rings. The molecule has 1 atom stereocenters. The Kier molecular flexibility index (Phi) is 4.62. The molecule has 1 saturated heterocycles. The number of benzene rings is 1. The Morgan fingerprint density at radius 1 is 1.33 bits per heavy atom. The number of thiazole rings is 1. The highest BCUT2D eigenvalue weighted by Gasteiger charge is 2.24. The Hall–Kier alpha value is -1.35. The van der Waals surface area contributed by atoms with Crippen LogP contribution >= 0.6 is 34.9 Å². The van der Waals surface area contributed by atoms with Crippen molar-refractivity contribution < 1.29 is 0 Å². The summed E-state index contributed by atoms with van der Waals surface area (Å²) in [5, 5.41) is 9.73. The third-order valence-electron chi connectivity index (χ3n) is 4.32. The molecule has 8 heteroatoms. The van der Waals surface area contributed by atoms with E-state index < -0.39 is 0 Å². The monoisotopic (exact) mass is 377 g/mol. The molecular formula is C16H19N5S3. The van der Waals surface area contributed by atoms with Gasteiger partial charge >= 0.3 is 0 Å². The van der Waals surface area contributed by atoms with Gasteiger partial charge in [0.2, 0.25) is 5.13 Å². The second-order valence-corrected chi connectivity index (χ2v) is 8.68. The summed E-state index contributed by atoms with van der Waals surface area (Å²) in [6.07, 6.45) is 2.40. The summed E-state index contributed by atoms with van der Waals surface area (Å²) in [4.78, 5) is 7.29. The van der Waals surface area contributed by atoms with Crippen molar-refractivity contribution in [3.05, 3.63) is 33.2 Å². The summed E-state index contributed by atoms with van der Waals surface area (Å²) in [5.41, 5.74) is 1.12. The van der Waals surface area contributed by atoms with Crippen LogP contribution in [-0.4, -0.2) is 39.8 Å². The Balaban J connectivity index is 1.50. The summed E-state index contributed by atoms with van der Waals surface area (Å²) in [6, 6.07) is 8.40. The Bertz CT molecular complexity index is 863. The van der Waals surface area contributed by atoms with Crippen LogP contribution in [0.3, 0.4) is 0 Å². The lowest BCUT2D eigenvalue weighted by atomic mass is 9.99. The van der Waals surface area contributed by atoms with E-state index in [0.29, 0.717) is 5.92 Å². The Morgan fingerprint density at radius 3 is 3.00 bits per heavy atom. The topological polar surface area (TPSA) is 46.0 Å². The van der Waals surface area contributed by atoms with E-state index in [1.54, 1.807) is 0 Å². The van der Waals surface area contributed by atoms with Crippen LogP contribution in [0.15, 0.2) is 24.3 Å². The van der Waals surface area contributed by atoms with Gasteiger partial charge < -0.3 is 5.32 Å². The van der Waals surface area contributed by atoms with Crippen molar-refractivity contribution in [2.45, 2.75) is 25.4 Å². The summed E-state index contributed by atoms with van der Waals surface area (Å²) in [6.45, 7) is 2.88. The Morgan fingerprint density at radius 2 is 2.21 bits per heavy atom. The highest BCUT2D eigenvalue weighted by Crippen LogP contribution is 2.33. The maximum absolute atomic E-state index is 5.42. The maximum Gasteiger partial charge on any atom is 0.204 e. The van der Waals surface area contributed by atoms with Crippen molar-refractivity contribution >= 4 is 50.2 Å². The summed E-state index contributed by atoms with van der Waals surface area (Å²) < 4.78 is 4.03. The zero-order valence-electron chi connectivity index (χ0n) is 13.4. The molecule has 1 aliphatic rings. The fraction of sp³-hybridized carbons (Fsp3) is 0.438. The second kappa shape index (κ2) is 6.87. The Labute approximate surface area is 154 Å². The summed E-state index contributed by atoms with van der Waals surface area (Å²) in [5.74, 6) is 0.507. The fourth-order valence-electron chi connectivity index (χ4n) is 3.14. The van der Waals surface area contributed by atoms with Crippen molar-refractivity contribution in [3.8, 4) is 0 Å². The van der Waals surface area contributed by atoms with E-state index in [2.05, 4.69) is 39.6 Å². The normalized spacial score (nSPS) is 19.0. The van der Waals surface area contributed by atoms with Gasteiger partial charge in [0.25, 0.3) is 0 Å². The quantitative estimate of drug-likeness (QED) is 0.692. The molecule has 1 aliphatic heterocycles. The molecule has 126 valence electrons. The van der Waals surface area contributed by atoms with Gasteiger partial charge in [0, 0.05) is 19.5 Å². The zero-order chi connectivity index (χ0) is 16.5. The molecule has 4 rings (SSSR count). The second-order valence-electron chi connectivity index (χ2n) is 6.00. The van der Waals surface area contributed by atoms with Gasteiger partial charge in [-0.1, -0.05) is 23.5 Å². The number of nitrogens with zero attached hydrogens (tertiary/aromatic N) is 4. The first-order valence-corrected chi connectivity index (χ1v) is 10.1. The summed E-state index contributed by atoms with van der Waals surface area (Å²) in [7, 11) is 1.88. The van der Waals surface area contributed by atoms with Gasteiger partial charge in [-0.3, -0.25) is 4.90 Å². The SMILES string of the molecule is CNc1nn(CN2CCC[C@H](c3nc4ccccc4s3)C2)c(=S)s1. The molecule has 0 amide bonds. The predicted octanol–water partition coefficient (Wildman–Crippen LogP) is 4.16. The minimum atomic E-state index is 0.507. The van der Waals surface area contributed by atoms with Crippen LogP contribution in [0.25, 0.3) is 10.2 Å². The van der Waals surface area contributed by atoms with Crippen LogP contribution in [-0.2, 0) is 6.67 Å². The molecule has 0 spiro atoms. The van der Waals surface area contributed by atoms with Crippen LogP contribution in [0.4, 0.5) is 5.13 Å². The van der Waals surface area contributed by atoms with E-state index in [1.165, 1.54) is 33.9 Å². The predicted molar refractivity (Wildman–Crippen MR) is 104 cm³/mol. The average molecular weight is 378 g/mol. The van der Waals surface area contributed by atoms with Crippen molar-refractivity contribution in [3.63, 3.8) is 0 Å². The van der Waals surface area contributed by atoms with Gasteiger partial charge in [-0.15, -0.1) is 16.4 Å². The van der Waals surface area contributed by atoms with Gasteiger partial charge in [-0.2, -0.15) is 0 Å². The van der Waals surface area contributed by atoms with Crippen LogP contribution in [0.2, 0.25) is 0 Å². The van der Waals surface area contributed by atoms with E-state index in [4.69, 9.17) is 17.2 Å². The van der Waals surface area contributed by atoms with Gasteiger partial charge in [0.05, 0.1) is 21.9 Å². The molecule has 0 unspecified atom stereocenters. The van der Waals surface area contributed by atoms with E-state index in [1.807, 2.05) is 23.1 Å². The minimum absolute atomic E-state index is 0.507. The largest absolute Gasteiger partial charge is 0.363 e. The van der Waals surface area contributed by atoms with Crippen molar-refractivity contribution in [1.82, 2.24) is 19.7 Å². The number of hydrogen-bond acceptors (Lipinski definition) is 7. The number of fused-ring (bicyclic) bond motifs is 1. The molecule has 2 aromatic heterocycles. The number of nitrogens with one attached hydrogen (secondary N) is 1. The molecule has 5 nitrogen and oxygen atoms in total. The number of para-hydroxylation sites is 1. The van der Waals surface area contributed by atoms with E-state index in [9.17, 15) is 0 Å². The lowest BCUT2D eigenvalue weighted by Crippen LogP contribution is -2.36. The first-order chi connectivity index (χ1) is 11.7. The molecular weight excluding hydrogens is 358 g/mol. The maximum atomic E-state index is 5.42. The highest BCUT2D eigenvalue weighted by atomic mass is 32.1. The van der Waals surface area contributed by atoms with Crippen molar-refractivity contribution in [2.24, 2.45) is 0 Å². The number of piperidine rings is 1. The van der Waals surface area contributed by atoms with Gasteiger partial charge in [-0.05, 0) is 43.7 Å². The van der Waals surface area contributed by atoms with Crippen molar-refractivity contribution in [2.75, 3.05) is 25.5 Å². The van der Waals surface area contributed by atoms with Crippen LogP contribution in [0.1, 0.15) is 23.8 Å². The lowest BCUT2D eigenvalue weighted by Gasteiger charge is -2.31. The molecule has 1 N–H and O–H groups in total. The standard InChI is InChI=1S/C16H19N5S3/c1-17-15-19-21(16(22)24-15)10-20-8-4-5-11(9-20)14-18-12-6-2-3-7-13(12)23-14/h2-3,6-7,11H,4-5,8-10H2,1H3,(H,17,19)/t11-/m0/s1. The van der Waals surface area contributed by atoms with E-state index >= 15 is 0 Å². The molecule has 0 radical (unpaired) electrons. The number of anilines is 1. The molecule has 3 heterocycles. The molecule has 0 aliphatic carbocycles. The number of hydrogen-bond donors (Lipinski definition) is 1. The molecule has 3 aromatic rings. The highest BCUT2D eigenvalue weighted by molar-refractivity contribution is 7.73. The van der Waals surface area contributed by atoms with Crippen molar-refractivity contribution in [1.29, 1.82) is 0 Å². The number of aromatic nitrogens is 3. The zero-order valence-corrected chi connectivity index (χ0v) is 15.9. The number of likely N-dealkylation sites (tertiary alicyclic amines) is 1. The van der Waals surface area contributed by atoms with E-state index in [-0.39, 0.29) is 0 Å². The third kappa shape index (κ3) is 3.23. The first-order valence-electron chi connectivity index (χ1n) is 8.06. The lowest BCUT2D eigenvalue weighted by molar-refractivity contribution is 0.157. The number of rotatable bonds is 4. The smallest absolute Gasteiger partial charge is 0.204 e. The summed E-state index contributed by atoms with van der Waals surface area (Å²) >= 11 is 8.77. The minimum Gasteiger partial charge on any atom is -0.363 e. The van der Waals surface area contributed by atoms with Gasteiger partial charge in [0.1, 0.15) is 0 Å². The average Bonchev–Trinajstić information content (AvgIpc) is 3.19. The van der Waals surface area contributed by atoms with Crippen LogP contribution < -0.4 is 5.32 Å². The van der Waals surface area contributed by atoms with Gasteiger partial charge in [0.15, 0.2) is 3.95 Å². The fourth-order valence-corrected chi connectivity index (χ4v) is 5.18. The van der Waals surface area contributed by atoms with E-state index in [0.717, 1.165) is 34.4 Å². The first kappa shape index (κ1) is 16.1. The molecule has 24 heavy (non-hydrogen) atoms. The molecule has 0 saturated carbocycles. The molecule has 1 aromatic carbocycles. The van der Waals surface area contributed by atoms with Gasteiger partial charge in [-0.25, -0.2) is 9.67 Å². The molecule has 0 bridgehead atoms. The van der Waals surface area contributed by atoms with Crippen LogP contribution in [0.5, 0.6) is 0 Å². The third-order valence-corrected chi connectivity index (χ3v) is 6.84.